The summed E-state index contributed by atoms with van der Waals surface area (Å²) in [7, 11) is 0. The number of non-ortho nitro benzene ring substituents is 1. The van der Waals surface area contributed by atoms with Crippen molar-refractivity contribution in [2.45, 2.75) is 0 Å². The van der Waals surface area contributed by atoms with Crippen molar-refractivity contribution in [2.24, 2.45) is 0 Å². The third-order valence-corrected chi connectivity index (χ3v) is 2.37. The van der Waals surface area contributed by atoms with E-state index in [4.69, 9.17) is 0 Å². The summed E-state index contributed by atoms with van der Waals surface area (Å²) in [6, 6.07) is 3.22. The maximum atomic E-state index is 13.4. The molecular formula is C12H6F4N2O2. The molecule has 0 aliphatic rings. The van der Waals surface area contributed by atoms with Gasteiger partial charge in [0, 0.05) is 23.9 Å². The second-order valence-corrected chi connectivity index (χ2v) is 3.82. The minimum Gasteiger partial charge on any atom is -0.350 e. The van der Waals surface area contributed by atoms with E-state index in [-0.39, 0.29) is 5.69 Å². The molecule has 4 nitrogen and oxygen atoms in total. The van der Waals surface area contributed by atoms with E-state index in [0.29, 0.717) is 18.2 Å². The van der Waals surface area contributed by atoms with E-state index < -0.39 is 39.6 Å². The molecule has 0 unspecified atom stereocenters. The normalized spacial score (nSPS) is 10.4. The van der Waals surface area contributed by atoms with E-state index in [2.05, 4.69) is 5.32 Å². The lowest BCUT2D eigenvalue weighted by atomic mass is 10.2. The highest BCUT2D eigenvalue weighted by Gasteiger charge is 2.14. The molecule has 2 aromatic carbocycles. The third kappa shape index (κ3) is 2.85. The van der Waals surface area contributed by atoms with E-state index in [1.54, 1.807) is 0 Å². The molecular weight excluding hydrogens is 280 g/mol. The summed E-state index contributed by atoms with van der Waals surface area (Å²) in [5.74, 6) is -4.55. The molecule has 2 rings (SSSR count). The Morgan fingerprint density at radius 1 is 0.900 bits per heavy atom. The first-order valence-electron chi connectivity index (χ1n) is 5.23. The van der Waals surface area contributed by atoms with Gasteiger partial charge in [-0.05, 0) is 6.07 Å². The molecule has 1 N–H and O–H groups in total. The Bertz CT molecular complexity index is 668. The highest BCUT2D eigenvalue weighted by Crippen LogP contribution is 2.27. The van der Waals surface area contributed by atoms with Crippen LogP contribution in [0.4, 0.5) is 34.6 Å². The third-order valence-electron chi connectivity index (χ3n) is 2.37. The molecule has 0 saturated heterocycles. The highest BCUT2D eigenvalue weighted by molar-refractivity contribution is 5.63. The minimum atomic E-state index is -1.24. The number of hydrogen-bond acceptors (Lipinski definition) is 3. The summed E-state index contributed by atoms with van der Waals surface area (Å²) < 4.78 is 52.7. The van der Waals surface area contributed by atoms with Gasteiger partial charge in [0.05, 0.1) is 11.0 Å². The maximum absolute atomic E-state index is 13.4. The Balaban J connectivity index is 2.42. The van der Waals surface area contributed by atoms with Crippen molar-refractivity contribution >= 4 is 17.1 Å². The summed E-state index contributed by atoms with van der Waals surface area (Å²) in [6.45, 7) is 0. The van der Waals surface area contributed by atoms with Gasteiger partial charge in [-0.3, -0.25) is 10.1 Å². The lowest BCUT2D eigenvalue weighted by Crippen LogP contribution is -2.00. The van der Waals surface area contributed by atoms with Crippen molar-refractivity contribution in [3.63, 3.8) is 0 Å². The summed E-state index contributed by atoms with van der Waals surface area (Å²) in [5.41, 5.74) is -1.55. The molecule has 0 aromatic heterocycles. The Kier molecular flexibility index (Phi) is 3.55. The molecule has 0 aliphatic carbocycles. The van der Waals surface area contributed by atoms with Crippen molar-refractivity contribution in [3.8, 4) is 0 Å². The second kappa shape index (κ2) is 5.16. The summed E-state index contributed by atoms with van der Waals surface area (Å²) in [5, 5.41) is 12.7. The number of anilines is 2. The van der Waals surface area contributed by atoms with Crippen molar-refractivity contribution < 1.29 is 22.5 Å². The van der Waals surface area contributed by atoms with Crippen LogP contribution >= 0.6 is 0 Å². The molecule has 104 valence electrons. The molecule has 0 saturated carbocycles. The van der Waals surface area contributed by atoms with Gasteiger partial charge >= 0.3 is 0 Å². The first-order chi connectivity index (χ1) is 9.36. The van der Waals surface area contributed by atoms with Crippen LogP contribution in [0.3, 0.4) is 0 Å². The van der Waals surface area contributed by atoms with Gasteiger partial charge in [0.1, 0.15) is 17.3 Å². The van der Waals surface area contributed by atoms with Gasteiger partial charge in [-0.25, -0.2) is 17.6 Å². The van der Waals surface area contributed by atoms with Gasteiger partial charge in [0.2, 0.25) is 0 Å². The Morgan fingerprint density at radius 3 is 2.00 bits per heavy atom. The van der Waals surface area contributed by atoms with E-state index in [1.807, 2.05) is 0 Å². The topological polar surface area (TPSA) is 55.2 Å². The van der Waals surface area contributed by atoms with Gasteiger partial charge in [0.25, 0.3) is 5.69 Å². The van der Waals surface area contributed by atoms with E-state index in [1.165, 1.54) is 0 Å². The average molecular weight is 286 g/mol. The SMILES string of the molecule is O=[N+]([O-])c1cc(F)cc(Nc2c(F)cc(F)cc2F)c1. The van der Waals surface area contributed by atoms with Crippen LogP contribution in [0.2, 0.25) is 0 Å². The van der Waals surface area contributed by atoms with Gasteiger partial charge < -0.3 is 5.32 Å². The summed E-state index contributed by atoms with van der Waals surface area (Å²) in [4.78, 5) is 9.69. The lowest BCUT2D eigenvalue weighted by molar-refractivity contribution is -0.385. The zero-order valence-electron chi connectivity index (χ0n) is 9.66. The zero-order chi connectivity index (χ0) is 14.9. The number of nitrogens with zero attached hydrogens (tertiary/aromatic N) is 1. The molecule has 20 heavy (non-hydrogen) atoms. The number of hydrogen-bond donors (Lipinski definition) is 1. The fraction of sp³-hybridized carbons (Fsp3) is 0. The molecule has 0 radical (unpaired) electrons. The Morgan fingerprint density at radius 2 is 1.45 bits per heavy atom. The number of nitro groups is 1. The molecule has 0 spiro atoms. The van der Waals surface area contributed by atoms with Crippen molar-refractivity contribution in [3.05, 3.63) is 63.7 Å². The Hall–Kier alpha value is -2.64. The standard InChI is InChI=1S/C12H6F4N2O2/c13-6-1-8(5-9(2-6)18(19)20)17-12-10(15)3-7(14)4-11(12)16/h1-5,17H. The predicted octanol–water partition coefficient (Wildman–Crippen LogP) is 3.89. The smallest absolute Gasteiger partial charge is 0.274 e. The largest absolute Gasteiger partial charge is 0.350 e. The van der Waals surface area contributed by atoms with Crippen molar-refractivity contribution in [2.75, 3.05) is 5.32 Å². The molecule has 0 aliphatic heterocycles. The summed E-state index contributed by atoms with van der Waals surface area (Å²) >= 11 is 0. The second-order valence-electron chi connectivity index (χ2n) is 3.82. The van der Waals surface area contributed by atoms with Crippen LogP contribution in [-0.4, -0.2) is 4.92 Å². The molecule has 0 bridgehead atoms. The molecule has 0 amide bonds. The zero-order valence-corrected chi connectivity index (χ0v) is 9.66. The van der Waals surface area contributed by atoms with Gasteiger partial charge in [-0.15, -0.1) is 0 Å². The van der Waals surface area contributed by atoms with Gasteiger partial charge in [-0.1, -0.05) is 0 Å². The van der Waals surface area contributed by atoms with Crippen LogP contribution in [0, 0.1) is 33.4 Å². The Labute approximate surface area is 109 Å². The number of halogens is 4. The quantitative estimate of drug-likeness (QED) is 0.529. The van der Waals surface area contributed by atoms with E-state index in [0.717, 1.165) is 12.1 Å². The number of benzene rings is 2. The summed E-state index contributed by atoms with van der Waals surface area (Å²) in [6.07, 6.45) is 0. The lowest BCUT2D eigenvalue weighted by Gasteiger charge is -2.09. The molecule has 8 heteroatoms. The van der Waals surface area contributed by atoms with Crippen LogP contribution < -0.4 is 5.32 Å². The van der Waals surface area contributed by atoms with Crippen LogP contribution in [0.25, 0.3) is 0 Å². The highest BCUT2D eigenvalue weighted by atomic mass is 19.1. The monoisotopic (exact) mass is 286 g/mol. The predicted molar refractivity (Wildman–Crippen MR) is 62.7 cm³/mol. The number of nitro benzene ring substituents is 1. The first-order valence-corrected chi connectivity index (χ1v) is 5.23. The first kappa shape index (κ1) is 13.8. The van der Waals surface area contributed by atoms with Gasteiger partial charge in [0.15, 0.2) is 11.6 Å². The van der Waals surface area contributed by atoms with Crippen molar-refractivity contribution in [1.29, 1.82) is 0 Å². The van der Waals surface area contributed by atoms with Crippen LogP contribution in [0.1, 0.15) is 0 Å². The fourth-order valence-corrected chi connectivity index (χ4v) is 1.56. The fourth-order valence-electron chi connectivity index (χ4n) is 1.56. The van der Waals surface area contributed by atoms with Crippen molar-refractivity contribution in [1.82, 2.24) is 0 Å². The van der Waals surface area contributed by atoms with E-state index in [9.17, 15) is 27.7 Å². The molecule has 0 fully saturated rings. The number of nitrogens with one attached hydrogen (secondary N) is 1. The maximum Gasteiger partial charge on any atom is 0.274 e. The molecule has 0 heterocycles. The van der Waals surface area contributed by atoms with E-state index >= 15 is 0 Å². The van der Waals surface area contributed by atoms with Gasteiger partial charge in [-0.2, -0.15) is 0 Å². The molecule has 2 aromatic rings. The van der Waals surface area contributed by atoms with Crippen LogP contribution in [-0.2, 0) is 0 Å². The van der Waals surface area contributed by atoms with Crippen LogP contribution in [0.5, 0.6) is 0 Å². The van der Waals surface area contributed by atoms with Crippen LogP contribution in [0.15, 0.2) is 30.3 Å². The number of rotatable bonds is 3. The average Bonchev–Trinajstić information content (AvgIpc) is 2.33. The minimum absolute atomic E-state index is 0.235. The molecule has 0 atom stereocenters.